The second-order valence-corrected chi connectivity index (χ2v) is 7.32. The lowest BCUT2D eigenvalue weighted by Gasteiger charge is -2.36. The van der Waals surface area contributed by atoms with Gasteiger partial charge in [-0.3, -0.25) is 4.90 Å². The van der Waals surface area contributed by atoms with E-state index in [9.17, 15) is 0 Å². The fraction of sp³-hybridized carbons (Fsp3) is 0.684. The molecule has 0 bridgehead atoms. The van der Waals surface area contributed by atoms with Crippen LogP contribution >= 0.6 is 0 Å². The largest absolute Gasteiger partial charge is 0.310 e. The molecule has 116 valence electrons. The third-order valence-corrected chi connectivity index (χ3v) is 5.48. The van der Waals surface area contributed by atoms with Gasteiger partial charge in [0.1, 0.15) is 0 Å². The number of aryl methyl sites for hydroxylation is 1. The molecular formula is C19H30N2. The van der Waals surface area contributed by atoms with Gasteiger partial charge in [0.15, 0.2) is 0 Å². The quantitative estimate of drug-likeness (QED) is 0.891. The summed E-state index contributed by atoms with van der Waals surface area (Å²) in [5.41, 5.74) is 1.83. The van der Waals surface area contributed by atoms with Gasteiger partial charge in [-0.1, -0.05) is 30.3 Å². The summed E-state index contributed by atoms with van der Waals surface area (Å²) in [4.78, 5) is 2.74. The lowest BCUT2D eigenvalue weighted by Crippen LogP contribution is -2.51. The molecule has 0 amide bonds. The Hall–Kier alpha value is -0.860. The van der Waals surface area contributed by atoms with Gasteiger partial charge in [0.05, 0.1) is 0 Å². The Morgan fingerprint density at radius 3 is 2.67 bits per heavy atom. The smallest absolute Gasteiger partial charge is 0.0308 e. The van der Waals surface area contributed by atoms with Crippen molar-refractivity contribution in [1.29, 1.82) is 0 Å². The number of benzene rings is 1. The van der Waals surface area contributed by atoms with E-state index in [1.165, 1.54) is 57.3 Å². The first kappa shape index (κ1) is 15.1. The molecule has 1 aliphatic carbocycles. The van der Waals surface area contributed by atoms with Gasteiger partial charge < -0.3 is 5.32 Å². The molecule has 0 spiro atoms. The molecule has 1 saturated carbocycles. The lowest BCUT2D eigenvalue weighted by molar-refractivity contribution is 0.160. The molecule has 1 aromatic rings. The summed E-state index contributed by atoms with van der Waals surface area (Å²) < 4.78 is 0. The van der Waals surface area contributed by atoms with Crippen molar-refractivity contribution in [2.24, 2.45) is 5.92 Å². The molecule has 1 N–H and O–H groups in total. The lowest BCUT2D eigenvalue weighted by atomic mass is 9.95. The van der Waals surface area contributed by atoms with Crippen molar-refractivity contribution in [3.05, 3.63) is 35.9 Å². The van der Waals surface area contributed by atoms with Crippen LogP contribution in [0.2, 0.25) is 0 Å². The van der Waals surface area contributed by atoms with Crippen LogP contribution in [0.3, 0.4) is 0 Å². The molecule has 1 saturated heterocycles. The molecule has 2 unspecified atom stereocenters. The van der Waals surface area contributed by atoms with E-state index in [2.05, 4.69) is 54.4 Å². The minimum Gasteiger partial charge on any atom is -0.310 e. The minimum absolute atomic E-state index is 0.359. The van der Waals surface area contributed by atoms with Crippen molar-refractivity contribution >= 4 is 0 Å². The Kier molecular flexibility index (Phi) is 4.66. The summed E-state index contributed by atoms with van der Waals surface area (Å²) in [5, 5.41) is 3.85. The number of nitrogens with zero attached hydrogens (tertiary/aromatic N) is 1. The van der Waals surface area contributed by atoms with Gasteiger partial charge in [0, 0.05) is 18.1 Å². The summed E-state index contributed by atoms with van der Waals surface area (Å²) in [6.45, 7) is 8.51. The van der Waals surface area contributed by atoms with Crippen molar-refractivity contribution in [2.45, 2.75) is 57.5 Å². The average molecular weight is 286 g/mol. The van der Waals surface area contributed by atoms with E-state index in [0.29, 0.717) is 11.6 Å². The fourth-order valence-corrected chi connectivity index (χ4v) is 3.81. The van der Waals surface area contributed by atoms with Crippen LogP contribution in [0.4, 0.5) is 0 Å². The molecule has 1 aromatic carbocycles. The number of rotatable bonds is 5. The molecule has 2 aliphatic rings. The summed E-state index contributed by atoms with van der Waals surface area (Å²) in [6.07, 6.45) is 6.62. The number of hydrogen-bond acceptors (Lipinski definition) is 2. The van der Waals surface area contributed by atoms with Crippen LogP contribution in [0.5, 0.6) is 0 Å². The monoisotopic (exact) mass is 286 g/mol. The first-order valence-electron chi connectivity index (χ1n) is 8.70. The van der Waals surface area contributed by atoms with Gasteiger partial charge in [-0.25, -0.2) is 0 Å². The van der Waals surface area contributed by atoms with Crippen molar-refractivity contribution in [1.82, 2.24) is 10.2 Å². The topological polar surface area (TPSA) is 15.3 Å². The van der Waals surface area contributed by atoms with E-state index in [1.54, 1.807) is 0 Å². The third kappa shape index (κ3) is 3.87. The van der Waals surface area contributed by atoms with Crippen LogP contribution in [-0.4, -0.2) is 36.1 Å². The molecule has 2 heteroatoms. The standard InChI is InChI=1S/C19H30N2/c1-16-12-13-20-19(2,18-10-11-18)15-21(16)14-6-9-17-7-4-3-5-8-17/h3-5,7-8,16,18,20H,6,9-15H2,1-2H3. The van der Waals surface area contributed by atoms with E-state index in [-0.39, 0.29) is 0 Å². The van der Waals surface area contributed by atoms with Crippen LogP contribution < -0.4 is 5.32 Å². The van der Waals surface area contributed by atoms with Gasteiger partial charge in [0.25, 0.3) is 0 Å². The predicted molar refractivity (Wildman–Crippen MR) is 89.5 cm³/mol. The Bertz CT molecular complexity index is 440. The molecule has 2 fully saturated rings. The molecule has 1 aliphatic heterocycles. The highest BCUT2D eigenvalue weighted by Crippen LogP contribution is 2.41. The maximum absolute atomic E-state index is 3.85. The average Bonchev–Trinajstić information content (AvgIpc) is 3.32. The zero-order valence-corrected chi connectivity index (χ0v) is 13.6. The van der Waals surface area contributed by atoms with Gasteiger partial charge in [-0.05, 0) is 70.5 Å². The Morgan fingerprint density at radius 1 is 1.19 bits per heavy atom. The van der Waals surface area contributed by atoms with Crippen LogP contribution in [0, 0.1) is 5.92 Å². The molecule has 21 heavy (non-hydrogen) atoms. The van der Waals surface area contributed by atoms with E-state index < -0.39 is 0 Å². The zero-order chi connectivity index (χ0) is 14.7. The Morgan fingerprint density at radius 2 is 1.95 bits per heavy atom. The maximum atomic E-state index is 3.85. The second kappa shape index (κ2) is 6.50. The van der Waals surface area contributed by atoms with Crippen LogP contribution in [0.1, 0.15) is 45.1 Å². The summed E-state index contributed by atoms with van der Waals surface area (Å²) in [6, 6.07) is 11.6. The zero-order valence-electron chi connectivity index (χ0n) is 13.6. The molecular weight excluding hydrogens is 256 g/mol. The van der Waals surface area contributed by atoms with Crippen molar-refractivity contribution in [3.63, 3.8) is 0 Å². The Balaban J connectivity index is 1.54. The summed E-state index contributed by atoms with van der Waals surface area (Å²) >= 11 is 0. The highest BCUT2D eigenvalue weighted by atomic mass is 15.2. The molecule has 1 heterocycles. The fourth-order valence-electron chi connectivity index (χ4n) is 3.81. The van der Waals surface area contributed by atoms with Crippen LogP contribution in [-0.2, 0) is 6.42 Å². The summed E-state index contributed by atoms with van der Waals surface area (Å²) in [7, 11) is 0. The molecule has 0 aromatic heterocycles. The molecule has 0 radical (unpaired) electrons. The van der Waals surface area contributed by atoms with E-state index in [4.69, 9.17) is 0 Å². The van der Waals surface area contributed by atoms with Gasteiger partial charge in [-0.2, -0.15) is 0 Å². The SMILES string of the molecule is CC1CCNC(C)(C2CC2)CN1CCCc1ccccc1. The van der Waals surface area contributed by atoms with E-state index >= 15 is 0 Å². The van der Waals surface area contributed by atoms with Crippen LogP contribution in [0.15, 0.2) is 30.3 Å². The van der Waals surface area contributed by atoms with Crippen molar-refractivity contribution in [3.8, 4) is 0 Å². The highest BCUT2D eigenvalue weighted by molar-refractivity contribution is 5.14. The summed E-state index contributed by atoms with van der Waals surface area (Å²) in [5.74, 6) is 0.916. The van der Waals surface area contributed by atoms with Gasteiger partial charge >= 0.3 is 0 Å². The molecule has 3 rings (SSSR count). The second-order valence-electron chi connectivity index (χ2n) is 7.32. The number of nitrogens with one attached hydrogen (secondary N) is 1. The van der Waals surface area contributed by atoms with Gasteiger partial charge in [-0.15, -0.1) is 0 Å². The van der Waals surface area contributed by atoms with Crippen molar-refractivity contribution < 1.29 is 0 Å². The molecule has 2 nitrogen and oxygen atoms in total. The maximum Gasteiger partial charge on any atom is 0.0308 e. The van der Waals surface area contributed by atoms with E-state index in [1.807, 2.05) is 0 Å². The highest BCUT2D eigenvalue weighted by Gasteiger charge is 2.43. The minimum atomic E-state index is 0.359. The number of hydrogen-bond donors (Lipinski definition) is 1. The first-order chi connectivity index (χ1) is 10.2. The predicted octanol–water partition coefficient (Wildman–Crippen LogP) is 3.47. The molecule has 2 atom stereocenters. The van der Waals surface area contributed by atoms with Crippen molar-refractivity contribution in [2.75, 3.05) is 19.6 Å². The Labute approximate surface area is 129 Å². The van der Waals surface area contributed by atoms with Gasteiger partial charge in [0.2, 0.25) is 0 Å². The first-order valence-corrected chi connectivity index (χ1v) is 8.70. The van der Waals surface area contributed by atoms with Crippen LogP contribution in [0.25, 0.3) is 0 Å². The van der Waals surface area contributed by atoms with E-state index in [0.717, 1.165) is 5.92 Å². The normalized spacial score (nSPS) is 31.0. The third-order valence-electron chi connectivity index (χ3n) is 5.48.